The van der Waals surface area contributed by atoms with Crippen LogP contribution in [-0.2, 0) is 0 Å². The Labute approximate surface area is 87.8 Å². The van der Waals surface area contributed by atoms with Crippen molar-refractivity contribution in [2.75, 3.05) is 13.6 Å². The van der Waals surface area contributed by atoms with Gasteiger partial charge in [0.1, 0.15) is 12.5 Å². The standard InChI is InChI=1S/C11H23N3/c1-6-7-14-9-12-13(5)10(14)8-11(2,3)4/h9-10H,6-8H2,1-5H3. The molecule has 0 spiro atoms. The number of rotatable bonds is 3. The molecule has 0 saturated carbocycles. The molecule has 3 heteroatoms. The molecule has 82 valence electrons. The minimum atomic E-state index is 0.360. The van der Waals surface area contributed by atoms with Crippen LogP contribution in [-0.4, -0.2) is 36.0 Å². The second kappa shape index (κ2) is 4.20. The third-order valence-corrected chi connectivity index (χ3v) is 2.47. The van der Waals surface area contributed by atoms with Crippen molar-refractivity contribution < 1.29 is 0 Å². The third kappa shape index (κ3) is 2.89. The van der Waals surface area contributed by atoms with Crippen LogP contribution in [0.4, 0.5) is 0 Å². The normalized spacial score (nSPS) is 22.2. The Bertz CT molecular complexity index is 205. The molecule has 0 aromatic heterocycles. The molecule has 0 saturated heterocycles. The van der Waals surface area contributed by atoms with Crippen LogP contribution < -0.4 is 0 Å². The van der Waals surface area contributed by atoms with Crippen LogP contribution in [0.15, 0.2) is 5.10 Å². The molecule has 0 N–H and O–H groups in total. The van der Waals surface area contributed by atoms with Gasteiger partial charge in [0, 0.05) is 13.6 Å². The monoisotopic (exact) mass is 197 g/mol. The lowest BCUT2D eigenvalue weighted by atomic mass is 9.90. The third-order valence-electron chi connectivity index (χ3n) is 2.47. The molecule has 1 heterocycles. The van der Waals surface area contributed by atoms with Gasteiger partial charge in [-0.15, -0.1) is 0 Å². The van der Waals surface area contributed by atoms with E-state index in [0.717, 1.165) is 13.0 Å². The van der Waals surface area contributed by atoms with Crippen LogP contribution in [0.5, 0.6) is 0 Å². The largest absolute Gasteiger partial charge is 0.339 e. The predicted octanol–water partition coefficient (Wildman–Crippen LogP) is 2.35. The molecule has 0 aromatic rings. The smallest absolute Gasteiger partial charge is 0.119 e. The maximum Gasteiger partial charge on any atom is 0.119 e. The molecule has 0 radical (unpaired) electrons. The van der Waals surface area contributed by atoms with Gasteiger partial charge in [-0.1, -0.05) is 27.7 Å². The second-order valence-electron chi connectivity index (χ2n) is 5.29. The first-order valence-corrected chi connectivity index (χ1v) is 5.47. The summed E-state index contributed by atoms with van der Waals surface area (Å²) in [6.45, 7) is 10.2. The van der Waals surface area contributed by atoms with Crippen molar-refractivity contribution in [2.24, 2.45) is 10.5 Å². The molecular formula is C11H23N3. The highest BCUT2D eigenvalue weighted by Gasteiger charge is 2.28. The molecule has 0 bridgehead atoms. The van der Waals surface area contributed by atoms with E-state index in [1.54, 1.807) is 0 Å². The average Bonchev–Trinajstić information content (AvgIpc) is 2.34. The van der Waals surface area contributed by atoms with Gasteiger partial charge in [-0.2, -0.15) is 5.10 Å². The van der Waals surface area contributed by atoms with Crippen LogP contribution in [0.25, 0.3) is 0 Å². The summed E-state index contributed by atoms with van der Waals surface area (Å²) in [6, 6.07) is 0. The van der Waals surface area contributed by atoms with Gasteiger partial charge < -0.3 is 4.90 Å². The molecule has 1 aliphatic rings. The van der Waals surface area contributed by atoms with Crippen molar-refractivity contribution in [1.29, 1.82) is 0 Å². The molecule has 0 amide bonds. The van der Waals surface area contributed by atoms with E-state index in [2.05, 4.69) is 49.8 Å². The SMILES string of the molecule is CCCN1C=NN(C)C1CC(C)(C)C. The van der Waals surface area contributed by atoms with Crippen LogP contribution in [0.1, 0.15) is 40.5 Å². The number of hydrogen-bond donors (Lipinski definition) is 0. The average molecular weight is 197 g/mol. The van der Waals surface area contributed by atoms with E-state index in [4.69, 9.17) is 0 Å². The van der Waals surface area contributed by atoms with Crippen LogP contribution in [0, 0.1) is 5.41 Å². The molecule has 1 rings (SSSR count). The molecule has 0 fully saturated rings. The summed E-state index contributed by atoms with van der Waals surface area (Å²) < 4.78 is 0. The first-order valence-electron chi connectivity index (χ1n) is 5.47. The van der Waals surface area contributed by atoms with Crippen molar-refractivity contribution in [2.45, 2.75) is 46.7 Å². The zero-order valence-corrected chi connectivity index (χ0v) is 10.1. The quantitative estimate of drug-likeness (QED) is 0.691. The van der Waals surface area contributed by atoms with Gasteiger partial charge in [0.2, 0.25) is 0 Å². The summed E-state index contributed by atoms with van der Waals surface area (Å²) in [6.07, 6.45) is 4.76. The van der Waals surface area contributed by atoms with Crippen LogP contribution in [0.3, 0.4) is 0 Å². The van der Waals surface area contributed by atoms with Gasteiger partial charge in [-0.05, 0) is 18.3 Å². The number of nitrogens with zero attached hydrogens (tertiary/aromatic N) is 3. The molecule has 1 unspecified atom stereocenters. The van der Waals surface area contributed by atoms with E-state index in [-0.39, 0.29) is 0 Å². The first-order chi connectivity index (χ1) is 6.44. The fourth-order valence-electron chi connectivity index (χ4n) is 1.78. The Morgan fingerprint density at radius 2 is 2.00 bits per heavy atom. The van der Waals surface area contributed by atoms with Crippen molar-refractivity contribution in [3.63, 3.8) is 0 Å². The highest BCUT2D eigenvalue weighted by atomic mass is 15.6. The highest BCUT2D eigenvalue weighted by Crippen LogP contribution is 2.26. The van der Waals surface area contributed by atoms with Crippen LogP contribution in [0.2, 0.25) is 0 Å². The van der Waals surface area contributed by atoms with Gasteiger partial charge in [-0.3, -0.25) is 5.01 Å². The lowest BCUT2D eigenvalue weighted by Gasteiger charge is -2.33. The summed E-state index contributed by atoms with van der Waals surface area (Å²) in [5.41, 5.74) is 0.360. The fraction of sp³-hybridized carbons (Fsp3) is 0.909. The maximum absolute atomic E-state index is 4.34. The first kappa shape index (κ1) is 11.3. The Morgan fingerprint density at radius 3 is 2.50 bits per heavy atom. The predicted molar refractivity (Wildman–Crippen MR) is 61.1 cm³/mol. The summed E-state index contributed by atoms with van der Waals surface area (Å²) in [5, 5.41) is 6.41. The van der Waals surface area contributed by atoms with E-state index in [9.17, 15) is 0 Å². The van der Waals surface area contributed by atoms with Gasteiger partial charge in [0.15, 0.2) is 0 Å². The maximum atomic E-state index is 4.34. The topological polar surface area (TPSA) is 18.8 Å². The highest BCUT2D eigenvalue weighted by molar-refractivity contribution is 5.56. The summed E-state index contributed by atoms with van der Waals surface area (Å²) in [4.78, 5) is 2.34. The molecule has 1 atom stereocenters. The minimum Gasteiger partial charge on any atom is -0.339 e. The van der Waals surface area contributed by atoms with Crippen molar-refractivity contribution in [1.82, 2.24) is 9.91 Å². The van der Waals surface area contributed by atoms with E-state index in [1.807, 2.05) is 6.34 Å². The Hall–Kier alpha value is -0.730. The van der Waals surface area contributed by atoms with Crippen LogP contribution >= 0.6 is 0 Å². The molecule has 3 nitrogen and oxygen atoms in total. The summed E-state index contributed by atoms with van der Waals surface area (Å²) >= 11 is 0. The Balaban J connectivity index is 2.56. The molecule has 14 heavy (non-hydrogen) atoms. The van der Waals surface area contributed by atoms with Crippen molar-refractivity contribution >= 4 is 6.34 Å². The number of hydrazone groups is 1. The lowest BCUT2D eigenvalue weighted by molar-refractivity contribution is 0.111. The molecule has 0 aromatic carbocycles. The van der Waals surface area contributed by atoms with Crippen molar-refractivity contribution in [3.05, 3.63) is 0 Å². The number of hydrogen-bond acceptors (Lipinski definition) is 3. The summed E-state index contributed by atoms with van der Waals surface area (Å²) in [7, 11) is 2.06. The fourth-order valence-corrected chi connectivity index (χ4v) is 1.78. The Kier molecular flexibility index (Phi) is 3.40. The Morgan fingerprint density at radius 1 is 1.36 bits per heavy atom. The van der Waals surface area contributed by atoms with E-state index in [0.29, 0.717) is 11.6 Å². The second-order valence-corrected chi connectivity index (χ2v) is 5.29. The van der Waals surface area contributed by atoms with E-state index >= 15 is 0 Å². The zero-order valence-electron chi connectivity index (χ0n) is 10.1. The van der Waals surface area contributed by atoms with Gasteiger partial charge >= 0.3 is 0 Å². The molecular weight excluding hydrogens is 174 g/mol. The van der Waals surface area contributed by atoms with Gasteiger partial charge in [-0.25, -0.2) is 0 Å². The van der Waals surface area contributed by atoms with E-state index in [1.165, 1.54) is 6.42 Å². The summed E-state index contributed by atoms with van der Waals surface area (Å²) in [5.74, 6) is 0. The van der Waals surface area contributed by atoms with E-state index < -0.39 is 0 Å². The van der Waals surface area contributed by atoms with Gasteiger partial charge in [0.05, 0.1) is 0 Å². The molecule has 0 aliphatic carbocycles. The lowest BCUT2D eigenvalue weighted by Crippen LogP contribution is -2.40. The van der Waals surface area contributed by atoms with Gasteiger partial charge in [0.25, 0.3) is 0 Å². The zero-order chi connectivity index (χ0) is 10.8. The molecule has 1 aliphatic heterocycles. The van der Waals surface area contributed by atoms with Crippen molar-refractivity contribution in [3.8, 4) is 0 Å². The minimum absolute atomic E-state index is 0.360.